The van der Waals surface area contributed by atoms with Crippen molar-refractivity contribution in [1.29, 1.82) is 0 Å². The van der Waals surface area contributed by atoms with E-state index in [4.69, 9.17) is 23.2 Å². The smallest absolute Gasteiger partial charge is 0.234 e. The number of fused-ring (bicyclic) bond motifs is 2. The molecule has 45 heavy (non-hydrogen) atoms. The van der Waals surface area contributed by atoms with Crippen LogP contribution in [0.1, 0.15) is 0 Å². The van der Waals surface area contributed by atoms with Crippen LogP contribution in [0.4, 0.5) is 11.4 Å². The lowest BCUT2D eigenvalue weighted by molar-refractivity contribution is -0.114. The van der Waals surface area contributed by atoms with E-state index in [0.717, 1.165) is 29.1 Å². The molecule has 0 saturated heterocycles. The zero-order valence-corrected chi connectivity index (χ0v) is 28.4. The first-order valence-corrected chi connectivity index (χ1v) is 18.9. The molecule has 2 heterocycles. The topological polar surface area (TPSA) is 118 Å². The summed E-state index contributed by atoms with van der Waals surface area (Å²) in [6, 6.07) is 23.0. The van der Waals surface area contributed by atoms with Crippen molar-refractivity contribution in [3.8, 4) is 0 Å². The van der Waals surface area contributed by atoms with Crippen LogP contribution in [-0.2, 0) is 19.4 Å². The van der Waals surface area contributed by atoms with Crippen LogP contribution >= 0.6 is 69.4 Å². The highest BCUT2D eigenvalue weighted by Crippen LogP contribution is 2.33. The highest BCUT2D eigenvalue weighted by Gasteiger charge is 2.20. The van der Waals surface area contributed by atoms with Crippen molar-refractivity contribution < 1.29 is 18.0 Å². The van der Waals surface area contributed by atoms with Crippen LogP contribution in [0.5, 0.6) is 0 Å². The standard InChI is InChI=1S/C30H20Cl2N4O4S5/c31-17-7-9-25-23(11-17)35-29(43-25)41-15-27(37)33-19-3-1-5-21(13-19)45(39,40)22-6-2-4-20(14-22)34-28(38)16-42-30-36-24-12-18(32)8-10-26(24)44-30/h1-14H,15-16H2,(H,33,37)(H,34,38). The molecule has 0 spiro atoms. The van der Waals surface area contributed by atoms with Gasteiger partial charge in [-0.05, 0) is 72.8 Å². The molecule has 2 N–H and O–H groups in total. The van der Waals surface area contributed by atoms with Crippen molar-refractivity contribution in [2.45, 2.75) is 18.5 Å². The third kappa shape index (κ3) is 7.80. The molecule has 2 aromatic heterocycles. The summed E-state index contributed by atoms with van der Waals surface area (Å²) < 4.78 is 30.4. The zero-order chi connectivity index (χ0) is 31.6. The van der Waals surface area contributed by atoms with Gasteiger partial charge >= 0.3 is 0 Å². The number of thiazole rings is 2. The fraction of sp³-hybridized carbons (Fsp3) is 0.0667. The van der Waals surface area contributed by atoms with Gasteiger partial charge in [0.25, 0.3) is 0 Å². The molecule has 0 unspecified atom stereocenters. The minimum Gasteiger partial charge on any atom is -0.325 e. The van der Waals surface area contributed by atoms with Crippen molar-refractivity contribution in [2.24, 2.45) is 0 Å². The molecule has 0 bridgehead atoms. The molecule has 0 aliphatic carbocycles. The van der Waals surface area contributed by atoms with Gasteiger partial charge in [0.15, 0.2) is 8.68 Å². The van der Waals surface area contributed by atoms with E-state index in [1.165, 1.54) is 70.5 Å². The normalized spacial score (nSPS) is 11.6. The molecule has 6 aromatic rings. The first-order valence-electron chi connectivity index (χ1n) is 13.1. The number of hydrogen-bond acceptors (Lipinski definition) is 10. The number of hydrogen-bond donors (Lipinski definition) is 2. The van der Waals surface area contributed by atoms with E-state index in [2.05, 4.69) is 20.6 Å². The number of amides is 2. The predicted octanol–water partition coefficient (Wildman–Crippen LogP) is 8.51. The first kappa shape index (κ1) is 31.8. The van der Waals surface area contributed by atoms with Crippen molar-refractivity contribution in [3.63, 3.8) is 0 Å². The molecule has 0 radical (unpaired) electrons. The van der Waals surface area contributed by atoms with Gasteiger partial charge in [-0.1, -0.05) is 58.9 Å². The van der Waals surface area contributed by atoms with Gasteiger partial charge < -0.3 is 10.6 Å². The third-order valence-corrected chi connectivity index (χ3v) is 12.7. The van der Waals surface area contributed by atoms with Crippen LogP contribution in [0.25, 0.3) is 20.4 Å². The van der Waals surface area contributed by atoms with Crippen LogP contribution in [0.2, 0.25) is 10.0 Å². The Hall–Kier alpha value is -3.17. The Bertz CT molecular complexity index is 2040. The molecular weight excluding hydrogens is 712 g/mol. The van der Waals surface area contributed by atoms with Crippen LogP contribution in [0.15, 0.2) is 103 Å². The predicted molar refractivity (Wildman–Crippen MR) is 186 cm³/mol. The van der Waals surface area contributed by atoms with Crippen molar-refractivity contribution in [3.05, 3.63) is 95.0 Å². The summed E-state index contributed by atoms with van der Waals surface area (Å²) in [5, 5.41) is 6.70. The number of carbonyl (C=O) groups excluding carboxylic acids is 2. The number of rotatable bonds is 10. The van der Waals surface area contributed by atoms with Crippen molar-refractivity contribution in [1.82, 2.24) is 9.97 Å². The average Bonchev–Trinajstić information content (AvgIpc) is 3.62. The lowest BCUT2D eigenvalue weighted by atomic mass is 10.3. The van der Waals surface area contributed by atoms with E-state index in [1.807, 2.05) is 12.1 Å². The molecule has 0 atom stereocenters. The first-order chi connectivity index (χ1) is 21.6. The SMILES string of the molecule is O=C(CSc1nc2cc(Cl)ccc2s1)Nc1cccc(S(=O)(=O)c2cccc(NC(=O)CSc3nc4cc(Cl)ccc4s3)c2)c1. The minimum absolute atomic E-state index is 0.00553. The van der Waals surface area contributed by atoms with Gasteiger partial charge in [0.1, 0.15) is 0 Å². The summed E-state index contributed by atoms with van der Waals surface area (Å²) >= 11 is 17.6. The van der Waals surface area contributed by atoms with Crippen LogP contribution in [0.3, 0.4) is 0 Å². The molecule has 228 valence electrons. The summed E-state index contributed by atoms with van der Waals surface area (Å²) in [6.45, 7) is 0. The Kier molecular flexibility index (Phi) is 9.66. The summed E-state index contributed by atoms with van der Waals surface area (Å²) in [5.41, 5.74) is 2.23. The quantitative estimate of drug-likeness (QED) is 0.135. The van der Waals surface area contributed by atoms with E-state index in [0.29, 0.717) is 21.4 Å². The fourth-order valence-electron chi connectivity index (χ4n) is 4.15. The number of nitrogens with one attached hydrogen (secondary N) is 2. The van der Waals surface area contributed by atoms with Crippen molar-refractivity contribution in [2.75, 3.05) is 22.1 Å². The van der Waals surface area contributed by atoms with Crippen LogP contribution < -0.4 is 10.6 Å². The molecule has 15 heteroatoms. The Morgan fingerprint density at radius 1 is 0.667 bits per heavy atom. The van der Waals surface area contributed by atoms with Crippen LogP contribution in [-0.4, -0.2) is 41.7 Å². The molecule has 6 rings (SSSR count). The Morgan fingerprint density at radius 2 is 1.11 bits per heavy atom. The summed E-state index contributed by atoms with van der Waals surface area (Å²) in [7, 11) is -3.95. The van der Waals surface area contributed by atoms with Gasteiger partial charge in [-0.25, -0.2) is 18.4 Å². The number of anilines is 2. The number of aromatic nitrogens is 2. The second-order valence-electron chi connectivity index (χ2n) is 9.42. The van der Waals surface area contributed by atoms with Crippen molar-refractivity contribution >= 4 is 123 Å². The van der Waals surface area contributed by atoms with Gasteiger partial charge in [-0.3, -0.25) is 9.59 Å². The number of thioether (sulfide) groups is 2. The van der Waals surface area contributed by atoms with Crippen LogP contribution in [0, 0.1) is 0 Å². The largest absolute Gasteiger partial charge is 0.325 e. The third-order valence-electron chi connectivity index (χ3n) is 6.17. The summed E-state index contributed by atoms with van der Waals surface area (Å²) in [5.74, 6) is -0.413. The van der Waals surface area contributed by atoms with Gasteiger partial charge in [0.2, 0.25) is 21.7 Å². The summed E-state index contributed by atoms with van der Waals surface area (Å²) in [4.78, 5) is 34.3. The van der Waals surface area contributed by atoms with Gasteiger partial charge in [-0.15, -0.1) is 22.7 Å². The molecular formula is C30H20Cl2N4O4S5. The van der Waals surface area contributed by atoms with E-state index >= 15 is 0 Å². The molecule has 4 aromatic carbocycles. The molecule has 0 saturated carbocycles. The Labute approximate surface area is 284 Å². The number of nitrogens with zero attached hydrogens (tertiary/aromatic N) is 2. The molecule has 0 aliphatic heterocycles. The van der Waals surface area contributed by atoms with E-state index in [1.54, 1.807) is 48.5 Å². The zero-order valence-electron chi connectivity index (χ0n) is 22.8. The van der Waals surface area contributed by atoms with E-state index in [-0.39, 0.29) is 33.1 Å². The number of sulfone groups is 1. The minimum atomic E-state index is -3.95. The second kappa shape index (κ2) is 13.7. The Balaban J connectivity index is 1.07. The fourth-order valence-corrected chi connectivity index (χ4v) is 9.53. The number of carbonyl (C=O) groups is 2. The maximum absolute atomic E-state index is 13.5. The summed E-state index contributed by atoms with van der Waals surface area (Å²) in [6.07, 6.45) is 0. The molecule has 0 fully saturated rings. The van der Waals surface area contributed by atoms with Gasteiger partial charge in [0.05, 0.1) is 41.7 Å². The second-order valence-corrected chi connectivity index (χ2v) is 16.7. The average molecular weight is 732 g/mol. The lowest BCUT2D eigenvalue weighted by Crippen LogP contribution is -2.15. The van der Waals surface area contributed by atoms with Gasteiger partial charge in [-0.2, -0.15) is 0 Å². The maximum atomic E-state index is 13.5. The van der Waals surface area contributed by atoms with Gasteiger partial charge in [0, 0.05) is 21.4 Å². The lowest BCUT2D eigenvalue weighted by Gasteiger charge is -2.10. The molecule has 2 amide bonds. The Morgan fingerprint density at radius 3 is 1.56 bits per heavy atom. The molecule has 8 nitrogen and oxygen atoms in total. The van der Waals surface area contributed by atoms with E-state index in [9.17, 15) is 18.0 Å². The molecule has 0 aliphatic rings. The highest BCUT2D eigenvalue weighted by atomic mass is 35.5. The number of halogens is 2. The van der Waals surface area contributed by atoms with E-state index < -0.39 is 9.84 Å². The monoisotopic (exact) mass is 730 g/mol. The maximum Gasteiger partial charge on any atom is 0.234 e. The number of benzene rings is 4. The highest BCUT2D eigenvalue weighted by molar-refractivity contribution is 8.02.